The summed E-state index contributed by atoms with van der Waals surface area (Å²) in [6.07, 6.45) is 0.495. The van der Waals surface area contributed by atoms with Crippen LogP contribution in [-0.4, -0.2) is 18.2 Å². The summed E-state index contributed by atoms with van der Waals surface area (Å²) in [6.45, 7) is 1.94. The Balaban J connectivity index is 2.87. The highest BCUT2D eigenvalue weighted by Gasteiger charge is 2.10. The van der Waals surface area contributed by atoms with Crippen LogP contribution in [0.4, 0.5) is 4.39 Å². The fourth-order valence-corrected chi connectivity index (χ4v) is 1.16. The average Bonchev–Trinajstić information content (AvgIpc) is 2.11. The summed E-state index contributed by atoms with van der Waals surface area (Å²) in [5.74, 6) is -0.316. The zero-order valence-corrected chi connectivity index (χ0v) is 7.84. The fraction of sp³-hybridized carbons (Fsp3) is 0.400. The maximum Gasteiger partial charge on any atom is 0.130 e. The van der Waals surface area contributed by atoms with Gasteiger partial charge in [-0.25, -0.2) is 4.39 Å². The predicted octanol–water partition coefficient (Wildman–Crippen LogP) is 1.68. The van der Waals surface area contributed by atoms with Crippen molar-refractivity contribution >= 4 is 0 Å². The topological polar surface area (TPSA) is 32.3 Å². The molecule has 0 aliphatic rings. The van der Waals surface area contributed by atoms with Crippen LogP contribution in [0.25, 0.3) is 0 Å². The van der Waals surface area contributed by atoms with Gasteiger partial charge in [0.2, 0.25) is 0 Å². The lowest BCUT2D eigenvalue weighted by Gasteiger charge is -2.11. The molecule has 1 rings (SSSR count). The molecule has 0 aromatic heterocycles. The molecule has 3 heteroatoms. The van der Waals surface area contributed by atoms with Gasteiger partial charge in [0.15, 0.2) is 0 Å². The number of hydrogen-bond acceptors (Lipinski definition) is 2. The first kappa shape index (κ1) is 9.99. The smallest absolute Gasteiger partial charge is 0.130 e. The molecule has 0 fully saturated rings. The van der Waals surface area contributed by atoms with Gasteiger partial charge in [0.1, 0.15) is 11.6 Å². The van der Waals surface area contributed by atoms with Gasteiger partial charge in [0.05, 0.1) is 0 Å². The Bertz CT molecular complexity index is 268. The molecule has 0 spiro atoms. The summed E-state index contributed by atoms with van der Waals surface area (Å²) in [5.41, 5.74) is 0.379. The van der Waals surface area contributed by atoms with Gasteiger partial charge >= 0.3 is 0 Å². The molecule has 0 saturated carbocycles. The lowest BCUT2D eigenvalue weighted by Crippen LogP contribution is -2.24. The van der Waals surface area contributed by atoms with E-state index < -0.39 is 0 Å². The summed E-state index contributed by atoms with van der Waals surface area (Å²) < 4.78 is 13.2. The lowest BCUT2D eigenvalue weighted by atomic mass is 10.1. The first-order valence-electron chi connectivity index (χ1n) is 4.28. The zero-order chi connectivity index (χ0) is 9.84. The first-order chi connectivity index (χ1) is 6.15. The summed E-state index contributed by atoms with van der Waals surface area (Å²) in [5, 5.41) is 12.4. The van der Waals surface area contributed by atoms with Crippen molar-refractivity contribution in [3.05, 3.63) is 29.6 Å². The number of phenols is 1. The van der Waals surface area contributed by atoms with Crippen molar-refractivity contribution in [2.45, 2.75) is 19.4 Å². The van der Waals surface area contributed by atoms with E-state index in [1.54, 1.807) is 0 Å². The molecule has 1 aromatic carbocycles. The van der Waals surface area contributed by atoms with Crippen LogP contribution in [0.2, 0.25) is 0 Å². The molecule has 0 bridgehead atoms. The molecule has 2 nitrogen and oxygen atoms in total. The van der Waals surface area contributed by atoms with Crippen LogP contribution in [0.5, 0.6) is 5.75 Å². The molecule has 0 saturated heterocycles. The van der Waals surface area contributed by atoms with E-state index in [9.17, 15) is 9.50 Å². The van der Waals surface area contributed by atoms with Crippen LogP contribution in [0.15, 0.2) is 18.2 Å². The number of nitrogens with one attached hydrogen (secondary N) is 1. The minimum absolute atomic E-state index is 0.0297. The number of benzene rings is 1. The molecule has 13 heavy (non-hydrogen) atoms. The Kier molecular flexibility index (Phi) is 3.25. The van der Waals surface area contributed by atoms with Crippen LogP contribution in [0.3, 0.4) is 0 Å². The van der Waals surface area contributed by atoms with E-state index in [-0.39, 0.29) is 17.6 Å². The third-order valence-electron chi connectivity index (χ3n) is 2.10. The molecule has 2 N–H and O–H groups in total. The highest BCUT2D eigenvalue weighted by Crippen LogP contribution is 2.20. The Hall–Kier alpha value is -1.09. The second-order valence-electron chi connectivity index (χ2n) is 3.13. The molecule has 1 aromatic rings. The SMILES string of the molecule is CNC(C)Cc1c(O)cccc1F. The van der Waals surface area contributed by atoms with Crippen molar-refractivity contribution in [3.8, 4) is 5.75 Å². The fourth-order valence-electron chi connectivity index (χ4n) is 1.16. The quantitative estimate of drug-likeness (QED) is 0.747. The molecular weight excluding hydrogens is 169 g/mol. The van der Waals surface area contributed by atoms with Crippen molar-refractivity contribution in [2.75, 3.05) is 7.05 Å². The van der Waals surface area contributed by atoms with Crippen molar-refractivity contribution in [1.29, 1.82) is 0 Å². The summed E-state index contributed by atoms with van der Waals surface area (Å²) in [7, 11) is 1.81. The van der Waals surface area contributed by atoms with E-state index in [2.05, 4.69) is 5.32 Å². The Labute approximate surface area is 77.4 Å². The number of likely N-dealkylation sites (N-methyl/N-ethyl adjacent to an activating group) is 1. The number of rotatable bonds is 3. The van der Waals surface area contributed by atoms with Crippen LogP contribution >= 0.6 is 0 Å². The number of hydrogen-bond donors (Lipinski definition) is 2. The standard InChI is InChI=1S/C10H14FNO/c1-7(12-2)6-8-9(11)4-3-5-10(8)13/h3-5,7,12-13H,6H2,1-2H3. The first-order valence-corrected chi connectivity index (χ1v) is 4.28. The van der Waals surface area contributed by atoms with Crippen molar-refractivity contribution in [3.63, 3.8) is 0 Å². The maximum atomic E-state index is 13.2. The second kappa shape index (κ2) is 4.23. The molecule has 1 atom stereocenters. The summed E-state index contributed by atoms with van der Waals surface area (Å²) in [4.78, 5) is 0. The van der Waals surface area contributed by atoms with Crippen LogP contribution < -0.4 is 5.32 Å². The van der Waals surface area contributed by atoms with Crippen LogP contribution in [0, 0.1) is 5.82 Å². The van der Waals surface area contributed by atoms with Gasteiger partial charge in [-0.05, 0) is 32.5 Å². The van der Waals surface area contributed by atoms with E-state index in [1.807, 2.05) is 14.0 Å². The number of phenolic OH excluding ortho intramolecular Hbond substituents is 1. The number of halogens is 1. The second-order valence-corrected chi connectivity index (χ2v) is 3.13. The molecule has 72 valence electrons. The third kappa shape index (κ3) is 2.42. The molecular formula is C10H14FNO. The third-order valence-corrected chi connectivity index (χ3v) is 2.10. The average molecular weight is 183 g/mol. The summed E-state index contributed by atoms with van der Waals surface area (Å²) in [6, 6.07) is 4.51. The Morgan fingerprint density at radius 3 is 2.77 bits per heavy atom. The van der Waals surface area contributed by atoms with E-state index in [1.165, 1.54) is 18.2 Å². The maximum absolute atomic E-state index is 13.2. The van der Waals surface area contributed by atoms with Crippen LogP contribution in [-0.2, 0) is 6.42 Å². The summed E-state index contributed by atoms with van der Waals surface area (Å²) >= 11 is 0. The molecule has 0 radical (unpaired) electrons. The largest absolute Gasteiger partial charge is 0.508 e. The van der Waals surface area contributed by atoms with Gasteiger partial charge in [0, 0.05) is 11.6 Å². The minimum Gasteiger partial charge on any atom is -0.508 e. The van der Waals surface area contributed by atoms with E-state index >= 15 is 0 Å². The minimum atomic E-state index is -0.345. The van der Waals surface area contributed by atoms with Gasteiger partial charge in [-0.15, -0.1) is 0 Å². The highest BCUT2D eigenvalue weighted by molar-refractivity contribution is 5.33. The lowest BCUT2D eigenvalue weighted by molar-refractivity contribution is 0.451. The van der Waals surface area contributed by atoms with E-state index in [0.29, 0.717) is 12.0 Å². The van der Waals surface area contributed by atoms with Crippen LogP contribution in [0.1, 0.15) is 12.5 Å². The monoisotopic (exact) mass is 183 g/mol. The molecule has 1 unspecified atom stereocenters. The van der Waals surface area contributed by atoms with Gasteiger partial charge in [0.25, 0.3) is 0 Å². The van der Waals surface area contributed by atoms with E-state index in [0.717, 1.165) is 0 Å². The Morgan fingerprint density at radius 1 is 1.54 bits per heavy atom. The zero-order valence-electron chi connectivity index (χ0n) is 7.84. The van der Waals surface area contributed by atoms with Gasteiger partial charge in [-0.3, -0.25) is 0 Å². The van der Waals surface area contributed by atoms with E-state index in [4.69, 9.17) is 0 Å². The van der Waals surface area contributed by atoms with Gasteiger partial charge in [-0.2, -0.15) is 0 Å². The Morgan fingerprint density at radius 2 is 2.23 bits per heavy atom. The molecule has 0 aliphatic heterocycles. The van der Waals surface area contributed by atoms with Crippen molar-refractivity contribution in [2.24, 2.45) is 0 Å². The van der Waals surface area contributed by atoms with Crippen molar-refractivity contribution < 1.29 is 9.50 Å². The van der Waals surface area contributed by atoms with Gasteiger partial charge in [-0.1, -0.05) is 6.07 Å². The molecule has 0 amide bonds. The predicted molar refractivity (Wildman–Crippen MR) is 50.3 cm³/mol. The molecule has 0 heterocycles. The van der Waals surface area contributed by atoms with Gasteiger partial charge < -0.3 is 10.4 Å². The normalized spacial score (nSPS) is 12.8. The molecule has 0 aliphatic carbocycles. The van der Waals surface area contributed by atoms with Crippen molar-refractivity contribution in [1.82, 2.24) is 5.32 Å². The number of aromatic hydroxyl groups is 1. The highest BCUT2D eigenvalue weighted by atomic mass is 19.1.